The highest BCUT2D eigenvalue weighted by atomic mass is 32.2. The molecule has 62 valence electrons. The summed E-state index contributed by atoms with van der Waals surface area (Å²) in [5.41, 5.74) is 1.34. The standard InChI is InChI=1S/C10H11NS/c1-8-11-10(7-12-8)9-5-3-2-4-6-9/h2-6,10H,7H2,1H3/t10-/m1/s1. The van der Waals surface area contributed by atoms with Crippen LogP contribution in [0.1, 0.15) is 18.5 Å². The largest absolute Gasteiger partial charge is 0.274 e. The van der Waals surface area contributed by atoms with E-state index in [-0.39, 0.29) is 0 Å². The summed E-state index contributed by atoms with van der Waals surface area (Å²) in [6.07, 6.45) is 0. The van der Waals surface area contributed by atoms with Gasteiger partial charge in [0.05, 0.1) is 11.1 Å². The average Bonchev–Trinajstić information content (AvgIpc) is 2.54. The highest BCUT2D eigenvalue weighted by Gasteiger charge is 2.16. The van der Waals surface area contributed by atoms with Gasteiger partial charge in [0.25, 0.3) is 0 Å². The van der Waals surface area contributed by atoms with Gasteiger partial charge in [-0.05, 0) is 12.5 Å². The molecule has 0 unspecified atom stereocenters. The summed E-state index contributed by atoms with van der Waals surface area (Å²) >= 11 is 1.85. The second-order valence-electron chi connectivity index (χ2n) is 2.89. The Morgan fingerprint density at radius 1 is 1.33 bits per heavy atom. The maximum absolute atomic E-state index is 4.54. The molecule has 1 nitrogen and oxygen atoms in total. The van der Waals surface area contributed by atoms with Gasteiger partial charge in [-0.2, -0.15) is 0 Å². The van der Waals surface area contributed by atoms with E-state index in [9.17, 15) is 0 Å². The van der Waals surface area contributed by atoms with E-state index >= 15 is 0 Å². The van der Waals surface area contributed by atoms with Crippen molar-refractivity contribution in [2.75, 3.05) is 5.75 Å². The van der Waals surface area contributed by atoms with Crippen LogP contribution < -0.4 is 0 Å². The van der Waals surface area contributed by atoms with Crippen molar-refractivity contribution in [1.82, 2.24) is 0 Å². The molecule has 0 aliphatic carbocycles. The maximum Gasteiger partial charge on any atom is 0.0852 e. The van der Waals surface area contributed by atoms with Crippen LogP contribution in [0.3, 0.4) is 0 Å². The highest BCUT2D eigenvalue weighted by molar-refractivity contribution is 8.14. The molecule has 0 fully saturated rings. The van der Waals surface area contributed by atoms with Crippen LogP contribution in [0, 0.1) is 0 Å². The third-order valence-corrected chi connectivity index (χ3v) is 2.98. The second-order valence-corrected chi connectivity index (χ2v) is 4.10. The van der Waals surface area contributed by atoms with E-state index in [2.05, 4.69) is 36.2 Å². The second kappa shape index (κ2) is 3.31. The number of rotatable bonds is 1. The number of nitrogens with zero attached hydrogens (tertiary/aromatic N) is 1. The normalized spacial score (nSPS) is 22.4. The summed E-state index contributed by atoms with van der Waals surface area (Å²) < 4.78 is 0. The molecule has 1 aromatic rings. The number of hydrogen-bond donors (Lipinski definition) is 0. The van der Waals surface area contributed by atoms with E-state index in [0.717, 1.165) is 5.75 Å². The summed E-state index contributed by atoms with van der Waals surface area (Å²) in [7, 11) is 0. The minimum atomic E-state index is 0.399. The Hall–Kier alpha value is -0.760. The van der Waals surface area contributed by atoms with E-state index in [1.165, 1.54) is 10.6 Å². The fraction of sp³-hybridized carbons (Fsp3) is 0.300. The van der Waals surface area contributed by atoms with Gasteiger partial charge >= 0.3 is 0 Å². The molecule has 0 aromatic heterocycles. The lowest BCUT2D eigenvalue weighted by atomic mass is 10.1. The van der Waals surface area contributed by atoms with Gasteiger partial charge in [-0.15, -0.1) is 11.8 Å². The molecule has 12 heavy (non-hydrogen) atoms. The topological polar surface area (TPSA) is 12.4 Å². The van der Waals surface area contributed by atoms with Crippen molar-refractivity contribution in [2.24, 2.45) is 4.99 Å². The van der Waals surface area contributed by atoms with E-state index in [0.29, 0.717) is 6.04 Å². The zero-order valence-corrected chi connectivity index (χ0v) is 7.84. The van der Waals surface area contributed by atoms with E-state index in [4.69, 9.17) is 0 Å². The first-order valence-corrected chi connectivity index (χ1v) is 5.07. The molecule has 1 aliphatic rings. The van der Waals surface area contributed by atoms with Crippen LogP contribution in [0.15, 0.2) is 35.3 Å². The summed E-state index contributed by atoms with van der Waals surface area (Å²) in [5.74, 6) is 1.11. The fourth-order valence-corrected chi connectivity index (χ4v) is 2.21. The van der Waals surface area contributed by atoms with Gasteiger partial charge in [0, 0.05) is 5.75 Å². The van der Waals surface area contributed by atoms with Crippen molar-refractivity contribution >= 4 is 16.8 Å². The number of aliphatic imine (C=N–C) groups is 1. The van der Waals surface area contributed by atoms with Gasteiger partial charge in [0.2, 0.25) is 0 Å². The Labute approximate surface area is 76.9 Å². The molecule has 0 bridgehead atoms. The molecule has 2 heteroatoms. The molecule has 0 saturated carbocycles. The molecule has 0 radical (unpaired) electrons. The summed E-state index contributed by atoms with van der Waals surface area (Å²) in [5, 5.41) is 1.21. The molecular formula is C10H11NS. The van der Waals surface area contributed by atoms with E-state index in [1.807, 2.05) is 17.8 Å². The van der Waals surface area contributed by atoms with Gasteiger partial charge in [-0.25, -0.2) is 0 Å². The lowest BCUT2D eigenvalue weighted by molar-refractivity contribution is 0.849. The van der Waals surface area contributed by atoms with Gasteiger partial charge < -0.3 is 0 Å². The van der Waals surface area contributed by atoms with Crippen LogP contribution in [-0.4, -0.2) is 10.8 Å². The first-order valence-electron chi connectivity index (χ1n) is 4.08. The van der Waals surface area contributed by atoms with E-state index in [1.54, 1.807) is 0 Å². The molecule has 0 amide bonds. The zero-order valence-electron chi connectivity index (χ0n) is 7.03. The van der Waals surface area contributed by atoms with Crippen LogP contribution in [0.2, 0.25) is 0 Å². The Morgan fingerprint density at radius 2 is 2.08 bits per heavy atom. The quantitative estimate of drug-likeness (QED) is 0.642. The summed E-state index contributed by atoms with van der Waals surface area (Å²) in [6, 6.07) is 10.9. The van der Waals surface area contributed by atoms with Gasteiger partial charge in [-0.1, -0.05) is 30.3 Å². The first-order chi connectivity index (χ1) is 5.86. The molecule has 2 rings (SSSR count). The Balaban J connectivity index is 2.22. The third-order valence-electron chi connectivity index (χ3n) is 1.97. The van der Waals surface area contributed by atoms with Crippen molar-refractivity contribution in [2.45, 2.75) is 13.0 Å². The lowest BCUT2D eigenvalue weighted by Gasteiger charge is -2.04. The monoisotopic (exact) mass is 177 g/mol. The molecule has 1 atom stereocenters. The number of thioether (sulfide) groups is 1. The summed E-state index contributed by atoms with van der Waals surface area (Å²) in [4.78, 5) is 4.54. The van der Waals surface area contributed by atoms with Gasteiger partial charge in [-0.3, -0.25) is 4.99 Å². The van der Waals surface area contributed by atoms with Crippen LogP contribution in [0.4, 0.5) is 0 Å². The molecule has 0 N–H and O–H groups in total. The Kier molecular flexibility index (Phi) is 2.17. The molecule has 1 heterocycles. The third kappa shape index (κ3) is 1.53. The molecular weight excluding hydrogens is 166 g/mol. The molecule has 0 spiro atoms. The fourth-order valence-electron chi connectivity index (χ4n) is 1.34. The average molecular weight is 177 g/mol. The summed E-state index contributed by atoms with van der Waals surface area (Å²) in [6.45, 7) is 2.08. The maximum atomic E-state index is 4.54. The molecule has 0 saturated heterocycles. The smallest absolute Gasteiger partial charge is 0.0852 e. The highest BCUT2D eigenvalue weighted by Crippen LogP contribution is 2.29. The van der Waals surface area contributed by atoms with Crippen molar-refractivity contribution in [3.05, 3.63) is 35.9 Å². The first kappa shape index (κ1) is 7.87. The Morgan fingerprint density at radius 3 is 2.67 bits per heavy atom. The Bertz CT molecular complexity index is 292. The van der Waals surface area contributed by atoms with Gasteiger partial charge in [0.15, 0.2) is 0 Å². The van der Waals surface area contributed by atoms with E-state index < -0.39 is 0 Å². The lowest BCUT2D eigenvalue weighted by Crippen LogP contribution is -1.92. The molecule has 1 aromatic carbocycles. The predicted molar refractivity (Wildman–Crippen MR) is 54.8 cm³/mol. The van der Waals surface area contributed by atoms with Crippen LogP contribution in [0.25, 0.3) is 0 Å². The van der Waals surface area contributed by atoms with Crippen molar-refractivity contribution in [3.8, 4) is 0 Å². The SMILES string of the molecule is CC1=N[C@@H](c2ccccc2)CS1. The van der Waals surface area contributed by atoms with Crippen LogP contribution in [0.5, 0.6) is 0 Å². The van der Waals surface area contributed by atoms with Crippen LogP contribution >= 0.6 is 11.8 Å². The van der Waals surface area contributed by atoms with Crippen LogP contribution in [-0.2, 0) is 0 Å². The van der Waals surface area contributed by atoms with Crippen molar-refractivity contribution in [1.29, 1.82) is 0 Å². The minimum Gasteiger partial charge on any atom is -0.274 e. The molecule has 1 aliphatic heterocycles. The van der Waals surface area contributed by atoms with Gasteiger partial charge in [0.1, 0.15) is 0 Å². The van der Waals surface area contributed by atoms with Crippen molar-refractivity contribution < 1.29 is 0 Å². The zero-order chi connectivity index (χ0) is 8.39. The van der Waals surface area contributed by atoms with Crippen molar-refractivity contribution in [3.63, 3.8) is 0 Å². The number of hydrogen-bond acceptors (Lipinski definition) is 2. The minimum absolute atomic E-state index is 0.399. The predicted octanol–water partition coefficient (Wildman–Crippen LogP) is 2.89. The number of benzene rings is 1.